The predicted molar refractivity (Wildman–Crippen MR) is 58.5 cm³/mol. The largest absolute Gasteiger partial charge is 0.480 e. The molecule has 0 aromatic heterocycles. The zero-order valence-electron chi connectivity index (χ0n) is 7.12. The fraction of sp³-hybridized carbons (Fsp3) is 0.222. The van der Waals surface area contributed by atoms with Crippen LogP contribution >= 0.6 is 22.6 Å². The molecule has 4 heteroatoms. The Kier molecular flexibility index (Phi) is 3.27. The van der Waals surface area contributed by atoms with Crippen molar-refractivity contribution in [2.24, 2.45) is 5.73 Å². The van der Waals surface area contributed by atoms with Crippen LogP contribution in [-0.4, -0.2) is 11.1 Å². The normalized spacial score (nSPS) is 12.5. The van der Waals surface area contributed by atoms with E-state index in [4.69, 9.17) is 10.8 Å². The van der Waals surface area contributed by atoms with Crippen LogP contribution in [0.4, 0.5) is 0 Å². The van der Waals surface area contributed by atoms with Gasteiger partial charge in [-0.1, -0.05) is 6.07 Å². The topological polar surface area (TPSA) is 63.3 Å². The summed E-state index contributed by atoms with van der Waals surface area (Å²) >= 11 is 2.17. The van der Waals surface area contributed by atoms with Crippen molar-refractivity contribution in [1.82, 2.24) is 0 Å². The molecule has 0 spiro atoms. The minimum Gasteiger partial charge on any atom is -0.480 e. The van der Waals surface area contributed by atoms with Crippen molar-refractivity contribution in [1.29, 1.82) is 0 Å². The third kappa shape index (κ3) is 2.41. The monoisotopic (exact) mass is 291 g/mol. The van der Waals surface area contributed by atoms with Gasteiger partial charge in [-0.25, -0.2) is 0 Å². The summed E-state index contributed by atoms with van der Waals surface area (Å²) in [7, 11) is 0. The minimum atomic E-state index is -0.996. The van der Waals surface area contributed by atoms with Crippen LogP contribution < -0.4 is 5.73 Å². The third-order valence-corrected chi connectivity index (χ3v) is 2.50. The second-order valence-corrected chi connectivity index (χ2v) is 4.06. The summed E-state index contributed by atoms with van der Waals surface area (Å²) in [5.74, 6) is -0.996. The number of aryl methyl sites for hydroxylation is 1. The maximum atomic E-state index is 10.6. The van der Waals surface area contributed by atoms with Crippen LogP contribution in [0.2, 0.25) is 0 Å². The highest BCUT2D eigenvalue weighted by Gasteiger charge is 2.15. The summed E-state index contributed by atoms with van der Waals surface area (Å²) in [5.41, 5.74) is 7.08. The second kappa shape index (κ2) is 4.06. The quantitative estimate of drug-likeness (QED) is 0.815. The van der Waals surface area contributed by atoms with Crippen LogP contribution in [0.1, 0.15) is 17.2 Å². The smallest absolute Gasteiger partial charge is 0.325 e. The molecule has 1 atom stereocenters. The molecule has 0 radical (unpaired) electrons. The Morgan fingerprint density at radius 1 is 1.62 bits per heavy atom. The predicted octanol–water partition coefficient (Wildman–Crippen LogP) is 1.68. The first-order valence-corrected chi connectivity index (χ1v) is 4.84. The number of aliphatic carboxylic acids is 1. The van der Waals surface area contributed by atoms with E-state index in [0.29, 0.717) is 5.56 Å². The van der Waals surface area contributed by atoms with Gasteiger partial charge in [0, 0.05) is 3.57 Å². The van der Waals surface area contributed by atoms with Crippen LogP contribution in [0.5, 0.6) is 0 Å². The van der Waals surface area contributed by atoms with E-state index in [1.807, 2.05) is 19.1 Å². The van der Waals surface area contributed by atoms with E-state index in [9.17, 15) is 4.79 Å². The van der Waals surface area contributed by atoms with Crippen LogP contribution in [0.3, 0.4) is 0 Å². The third-order valence-electron chi connectivity index (χ3n) is 1.83. The van der Waals surface area contributed by atoms with Crippen molar-refractivity contribution in [3.63, 3.8) is 0 Å². The Morgan fingerprint density at radius 2 is 2.23 bits per heavy atom. The number of nitrogens with two attached hydrogens (primary N) is 1. The van der Waals surface area contributed by atoms with E-state index >= 15 is 0 Å². The van der Waals surface area contributed by atoms with Gasteiger partial charge in [0.1, 0.15) is 6.04 Å². The van der Waals surface area contributed by atoms with Gasteiger partial charge in [0.15, 0.2) is 0 Å². The molecule has 1 aromatic carbocycles. The minimum absolute atomic E-state index is 0.674. The van der Waals surface area contributed by atoms with Crippen molar-refractivity contribution in [3.05, 3.63) is 32.9 Å². The maximum absolute atomic E-state index is 10.6. The molecule has 0 bridgehead atoms. The van der Waals surface area contributed by atoms with Crippen LogP contribution in [0.25, 0.3) is 0 Å². The Hall–Kier alpha value is -0.620. The fourth-order valence-corrected chi connectivity index (χ4v) is 1.77. The molecule has 13 heavy (non-hydrogen) atoms. The van der Waals surface area contributed by atoms with E-state index in [0.717, 1.165) is 9.13 Å². The summed E-state index contributed by atoms with van der Waals surface area (Å²) in [4.78, 5) is 10.6. The highest BCUT2D eigenvalue weighted by molar-refractivity contribution is 14.1. The number of carboxylic acid groups (broad SMARTS) is 1. The molecule has 0 aliphatic rings. The zero-order chi connectivity index (χ0) is 10.0. The maximum Gasteiger partial charge on any atom is 0.325 e. The molecule has 1 aromatic rings. The van der Waals surface area contributed by atoms with Gasteiger partial charge in [0.25, 0.3) is 0 Å². The van der Waals surface area contributed by atoms with Crippen LogP contribution in [0, 0.1) is 10.5 Å². The van der Waals surface area contributed by atoms with Gasteiger partial charge >= 0.3 is 5.97 Å². The van der Waals surface area contributed by atoms with Gasteiger partial charge in [0.2, 0.25) is 0 Å². The van der Waals surface area contributed by atoms with Crippen LogP contribution in [0.15, 0.2) is 18.2 Å². The molecule has 0 heterocycles. The molecule has 0 amide bonds. The van der Waals surface area contributed by atoms with Gasteiger partial charge in [-0.2, -0.15) is 0 Å². The highest BCUT2D eigenvalue weighted by Crippen LogP contribution is 2.18. The van der Waals surface area contributed by atoms with Crippen molar-refractivity contribution in [3.8, 4) is 0 Å². The SMILES string of the molecule is Cc1cc(I)ccc1C(N)C(=O)O. The number of hydrogen-bond donors (Lipinski definition) is 2. The second-order valence-electron chi connectivity index (χ2n) is 2.82. The summed E-state index contributed by atoms with van der Waals surface area (Å²) in [6, 6.07) is 4.61. The van der Waals surface area contributed by atoms with Crippen LogP contribution in [-0.2, 0) is 4.79 Å². The molecular formula is C9H10INO2. The van der Waals surface area contributed by atoms with Crippen molar-refractivity contribution < 1.29 is 9.90 Å². The first kappa shape index (κ1) is 10.5. The zero-order valence-corrected chi connectivity index (χ0v) is 9.28. The lowest BCUT2D eigenvalue weighted by Gasteiger charge is -2.10. The average molecular weight is 291 g/mol. The number of rotatable bonds is 2. The molecule has 1 rings (SSSR count). The fourth-order valence-electron chi connectivity index (χ4n) is 1.12. The molecule has 0 saturated heterocycles. The van der Waals surface area contributed by atoms with Gasteiger partial charge in [-0.15, -0.1) is 0 Å². The summed E-state index contributed by atoms with van der Waals surface area (Å²) in [6.45, 7) is 1.86. The Labute approximate surface area is 90.1 Å². The first-order valence-electron chi connectivity index (χ1n) is 3.77. The van der Waals surface area contributed by atoms with E-state index < -0.39 is 12.0 Å². The average Bonchev–Trinajstić information content (AvgIpc) is 2.03. The molecule has 3 nitrogen and oxygen atoms in total. The lowest BCUT2D eigenvalue weighted by Crippen LogP contribution is -2.21. The van der Waals surface area contributed by atoms with E-state index in [1.54, 1.807) is 6.07 Å². The summed E-state index contributed by atoms with van der Waals surface area (Å²) in [6.07, 6.45) is 0. The molecule has 3 N–H and O–H groups in total. The number of benzene rings is 1. The Balaban J connectivity index is 3.08. The van der Waals surface area contributed by atoms with Crippen molar-refractivity contribution >= 4 is 28.6 Å². The van der Waals surface area contributed by atoms with E-state index in [-0.39, 0.29) is 0 Å². The highest BCUT2D eigenvalue weighted by atomic mass is 127. The van der Waals surface area contributed by atoms with Gasteiger partial charge < -0.3 is 10.8 Å². The van der Waals surface area contributed by atoms with E-state index in [1.165, 1.54) is 0 Å². The first-order chi connectivity index (χ1) is 6.02. The summed E-state index contributed by atoms with van der Waals surface area (Å²) < 4.78 is 1.08. The number of carbonyl (C=O) groups is 1. The van der Waals surface area contributed by atoms with Gasteiger partial charge in [-0.3, -0.25) is 4.79 Å². The van der Waals surface area contributed by atoms with E-state index in [2.05, 4.69) is 22.6 Å². The molecule has 0 saturated carbocycles. The van der Waals surface area contributed by atoms with Crippen molar-refractivity contribution in [2.45, 2.75) is 13.0 Å². The van der Waals surface area contributed by atoms with Gasteiger partial charge in [0.05, 0.1) is 0 Å². The molecule has 70 valence electrons. The molecular weight excluding hydrogens is 281 g/mol. The lowest BCUT2D eigenvalue weighted by molar-refractivity contribution is -0.138. The number of carboxylic acids is 1. The standard InChI is InChI=1S/C9H10INO2/c1-5-4-6(10)2-3-7(5)8(11)9(12)13/h2-4,8H,11H2,1H3,(H,12,13). The Bertz CT molecular complexity index is 338. The Morgan fingerprint density at radius 3 is 2.69 bits per heavy atom. The molecule has 0 aliphatic heterocycles. The lowest BCUT2D eigenvalue weighted by atomic mass is 10.0. The number of halogens is 1. The van der Waals surface area contributed by atoms with Crippen molar-refractivity contribution in [2.75, 3.05) is 0 Å². The summed E-state index contributed by atoms with van der Waals surface area (Å²) in [5, 5.41) is 8.70. The molecule has 1 unspecified atom stereocenters. The van der Waals surface area contributed by atoms with Gasteiger partial charge in [-0.05, 0) is 52.8 Å². The number of hydrogen-bond acceptors (Lipinski definition) is 2. The molecule has 0 aliphatic carbocycles. The molecule has 0 fully saturated rings.